The SMILES string of the molecule is C=CCn1c(O)c(N=O)c2c(C)cccc21. The Balaban J connectivity index is 2.91. The number of benzene rings is 1. The molecule has 4 nitrogen and oxygen atoms in total. The Kier molecular flexibility index (Phi) is 2.48. The van der Waals surface area contributed by atoms with E-state index in [9.17, 15) is 10.0 Å². The van der Waals surface area contributed by atoms with E-state index in [1.165, 1.54) is 0 Å². The van der Waals surface area contributed by atoms with Crippen LogP contribution in [0.1, 0.15) is 5.56 Å². The van der Waals surface area contributed by atoms with E-state index in [0.29, 0.717) is 11.9 Å². The number of aryl methyl sites for hydroxylation is 1. The highest BCUT2D eigenvalue weighted by molar-refractivity contribution is 5.97. The Bertz CT molecular complexity index is 570. The molecule has 0 aliphatic rings. The van der Waals surface area contributed by atoms with Gasteiger partial charge < -0.3 is 9.67 Å². The molecule has 4 heteroatoms. The zero-order valence-corrected chi connectivity index (χ0v) is 8.97. The summed E-state index contributed by atoms with van der Waals surface area (Å²) in [5.41, 5.74) is 1.83. The second-order valence-electron chi connectivity index (χ2n) is 3.63. The van der Waals surface area contributed by atoms with Crippen molar-refractivity contribution in [3.63, 3.8) is 0 Å². The van der Waals surface area contributed by atoms with Gasteiger partial charge >= 0.3 is 0 Å². The first-order valence-electron chi connectivity index (χ1n) is 4.95. The Morgan fingerprint density at radius 2 is 2.31 bits per heavy atom. The van der Waals surface area contributed by atoms with Crippen molar-refractivity contribution < 1.29 is 5.11 Å². The molecule has 1 heterocycles. The zero-order chi connectivity index (χ0) is 11.7. The fourth-order valence-electron chi connectivity index (χ4n) is 1.94. The van der Waals surface area contributed by atoms with Crippen molar-refractivity contribution >= 4 is 16.6 Å². The Labute approximate surface area is 92.8 Å². The average molecular weight is 216 g/mol. The number of nitrogens with zero attached hydrogens (tertiary/aromatic N) is 2. The molecule has 0 saturated carbocycles. The Hall–Kier alpha value is -2.10. The summed E-state index contributed by atoms with van der Waals surface area (Å²) >= 11 is 0. The summed E-state index contributed by atoms with van der Waals surface area (Å²) in [5.74, 6) is -0.0980. The number of aromatic hydroxyl groups is 1. The lowest BCUT2D eigenvalue weighted by Gasteiger charge is -2.02. The molecular formula is C12H12N2O2. The van der Waals surface area contributed by atoms with Crippen LogP contribution in [0.15, 0.2) is 36.0 Å². The van der Waals surface area contributed by atoms with Gasteiger partial charge in [-0.3, -0.25) is 0 Å². The van der Waals surface area contributed by atoms with Crippen LogP contribution in [0.3, 0.4) is 0 Å². The molecule has 1 aromatic heterocycles. The minimum absolute atomic E-state index is 0.0980. The smallest absolute Gasteiger partial charge is 0.222 e. The molecule has 0 amide bonds. The van der Waals surface area contributed by atoms with Crippen LogP contribution in [0.2, 0.25) is 0 Å². The largest absolute Gasteiger partial charge is 0.493 e. The van der Waals surface area contributed by atoms with Crippen LogP contribution in [0.25, 0.3) is 10.9 Å². The normalized spacial score (nSPS) is 10.6. The topological polar surface area (TPSA) is 54.6 Å². The first-order valence-corrected chi connectivity index (χ1v) is 4.95. The van der Waals surface area contributed by atoms with Gasteiger partial charge in [0.25, 0.3) is 0 Å². The van der Waals surface area contributed by atoms with Gasteiger partial charge in [0.1, 0.15) is 0 Å². The maximum Gasteiger partial charge on any atom is 0.222 e. The summed E-state index contributed by atoms with van der Waals surface area (Å²) in [5, 5.41) is 13.5. The van der Waals surface area contributed by atoms with Gasteiger partial charge in [-0.05, 0) is 23.7 Å². The van der Waals surface area contributed by atoms with Gasteiger partial charge in [0.05, 0.1) is 5.52 Å². The van der Waals surface area contributed by atoms with E-state index in [1.54, 1.807) is 10.6 Å². The molecule has 2 rings (SSSR count). The average Bonchev–Trinajstić information content (AvgIpc) is 2.54. The van der Waals surface area contributed by atoms with E-state index in [-0.39, 0.29) is 11.6 Å². The summed E-state index contributed by atoms with van der Waals surface area (Å²) in [7, 11) is 0. The molecule has 0 atom stereocenters. The van der Waals surface area contributed by atoms with E-state index in [1.807, 2.05) is 25.1 Å². The van der Waals surface area contributed by atoms with E-state index in [2.05, 4.69) is 11.8 Å². The van der Waals surface area contributed by atoms with Crippen molar-refractivity contribution in [3.8, 4) is 5.88 Å². The lowest BCUT2D eigenvalue weighted by Crippen LogP contribution is -1.93. The van der Waals surface area contributed by atoms with Gasteiger partial charge in [-0.15, -0.1) is 11.5 Å². The highest BCUT2D eigenvalue weighted by Crippen LogP contribution is 2.39. The van der Waals surface area contributed by atoms with Crippen LogP contribution >= 0.6 is 0 Å². The minimum Gasteiger partial charge on any atom is -0.493 e. The van der Waals surface area contributed by atoms with Gasteiger partial charge in [0, 0.05) is 11.9 Å². The number of fused-ring (bicyclic) bond motifs is 1. The highest BCUT2D eigenvalue weighted by Gasteiger charge is 2.17. The van der Waals surface area contributed by atoms with Crippen molar-refractivity contribution in [3.05, 3.63) is 41.3 Å². The fourth-order valence-corrected chi connectivity index (χ4v) is 1.94. The molecule has 0 saturated heterocycles. The van der Waals surface area contributed by atoms with Gasteiger partial charge in [0.15, 0.2) is 5.69 Å². The molecule has 1 N–H and O–H groups in total. The maximum absolute atomic E-state index is 10.8. The Morgan fingerprint density at radius 1 is 1.56 bits per heavy atom. The summed E-state index contributed by atoms with van der Waals surface area (Å²) in [6, 6.07) is 5.61. The standard InChI is InChI=1S/C12H12N2O2/c1-3-7-14-9-6-4-5-8(2)10(9)11(13-16)12(14)15/h3-6,15H,1,7H2,2H3. The summed E-state index contributed by atoms with van der Waals surface area (Å²) in [6.07, 6.45) is 1.66. The van der Waals surface area contributed by atoms with Crippen molar-refractivity contribution in [2.24, 2.45) is 5.18 Å². The molecule has 0 aliphatic carbocycles. The first-order chi connectivity index (χ1) is 7.70. The molecule has 0 bridgehead atoms. The third kappa shape index (κ3) is 1.31. The molecular weight excluding hydrogens is 204 g/mol. The van der Waals surface area contributed by atoms with Crippen LogP contribution in [-0.4, -0.2) is 9.67 Å². The van der Waals surface area contributed by atoms with Gasteiger partial charge in [-0.2, -0.15) is 0 Å². The number of hydrogen-bond acceptors (Lipinski definition) is 3. The molecule has 0 spiro atoms. The quantitative estimate of drug-likeness (QED) is 0.632. The van der Waals surface area contributed by atoms with Crippen LogP contribution in [0, 0.1) is 11.8 Å². The van der Waals surface area contributed by atoms with Gasteiger partial charge in [-0.25, -0.2) is 0 Å². The van der Waals surface area contributed by atoms with Crippen molar-refractivity contribution in [2.75, 3.05) is 0 Å². The molecule has 2 aromatic rings. The maximum atomic E-state index is 10.8. The van der Waals surface area contributed by atoms with Crippen molar-refractivity contribution in [1.29, 1.82) is 0 Å². The lowest BCUT2D eigenvalue weighted by molar-refractivity contribution is 0.431. The summed E-state index contributed by atoms with van der Waals surface area (Å²) in [4.78, 5) is 10.8. The van der Waals surface area contributed by atoms with E-state index in [4.69, 9.17) is 0 Å². The zero-order valence-electron chi connectivity index (χ0n) is 8.97. The summed E-state index contributed by atoms with van der Waals surface area (Å²) in [6.45, 7) is 5.95. The minimum atomic E-state index is -0.0980. The lowest BCUT2D eigenvalue weighted by atomic mass is 10.1. The number of hydrogen-bond donors (Lipinski definition) is 1. The molecule has 0 unspecified atom stereocenters. The van der Waals surface area contributed by atoms with Crippen LogP contribution in [0.4, 0.5) is 5.69 Å². The molecule has 0 fully saturated rings. The molecule has 82 valence electrons. The third-order valence-corrected chi connectivity index (χ3v) is 2.65. The monoisotopic (exact) mass is 216 g/mol. The molecule has 1 aromatic carbocycles. The van der Waals surface area contributed by atoms with E-state index in [0.717, 1.165) is 11.1 Å². The first kappa shape index (κ1) is 10.4. The molecule has 16 heavy (non-hydrogen) atoms. The number of nitroso groups, excluding NO2 is 1. The third-order valence-electron chi connectivity index (χ3n) is 2.65. The highest BCUT2D eigenvalue weighted by atomic mass is 16.3. The van der Waals surface area contributed by atoms with Gasteiger partial charge in [0.2, 0.25) is 5.88 Å². The summed E-state index contributed by atoms with van der Waals surface area (Å²) < 4.78 is 1.62. The Morgan fingerprint density at radius 3 is 2.94 bits per heavy atom. The van der Waals surface area contributed by atoms with E-state index < -0.39 is 0 Å². The van der Waals surface area contributed by atoms with Crippen molar-refractivity contribution in [1.82, 2.24) is 4.57 Å². The van der Waals surface area contributed by atoms with Crippen LogP contribution in [0.5, 0.6) is 5.88 Å². The fraction of sp³-hybridized carbons (Fsp3) is 0.167. The van der Waals surface area contributed by atoms with Crippen molar-refractivity contribution in [2.45, 2.75) is 13.5 Å². The second-order valence-corrected chi connectivity index (χ2v) is 3.63. The number of rotatable bonds is 3. The van der Waals surface area contributed by atoms with E-state index >= 15 is 0 Å². The van der Waals surface area contributed by atoms with Crippen LogP contribution < -0.4 is 0 Å². The van der Waals surface area contributed by atoms with Crippen LogP contribution in [-0.2, 0) is 6.54 Å². The number of allylic oxidation sites excluding steroid dienone is 1. The van der Waals surface area contributed by atoms with Gasteiger partial charge in [-0.1, -0.05) is 18.2 Å². The second kappa shape index (κ2) is 3.81. The predicted molar refractivity (Wildman–Crippen MR) is 64.0 cm³/mol. The predicted octanol–water partition coefficient (Wildman–Crippen LogP) is 3.24. The number of aromatic nitrogens is 1. The molecule has 0 aliphatic heterocycles. The molecule has 0 radical (unpaired) electrons.